The van der Waals surface area contributed by atoms with Crippen LogP contribution in [0.4, 0.5) is 11.4 Å². The number of nitrogens with one attached hydrogen (secondary N) is 2. The number of phosphoric ester groups is 1. The summed E-state index contributed by atoms with van der Waals surface area (Å²) in [5.74, 6) is -1.29. The summed E-state index contributed by atoms with van der Waals surface area (Å²) < 4.78 is 23.6. The van der Waals surface area contributed by atoms with E-state index < -0.39 is 13.8 Å². The number of hydrogen-bond donors (Lipinski definition) is 4. The van der Waals surface area contributed by atoms with E-state index in [1.807, 2.05) is 74.1 Å². The number of anilines is 2. The molecular weight excluding hydrogens is 663 g/mol. The number of aromatic carboxylic acids is 1. The van der Waals surface area contributed by atoms with Gasteiger partial charge in [-0.2, -0.15) is 0 Å². The number of amides is 1. The molecule has 1 amide bonds. The molecule has 0 fully saturated rings. The van der Waals surface area contributed by atoms with Crippen LogP contribution in [0.5, 0.6) is 5.75 Å². The zero-order valence-electron chi connectivity index (χ0n) is 27.9. The van der Waals surface area contributed by atoms with E-state index in [-0.39, 0.29) is 48.0 Å². The van der Waals surface area contributed by atoms with Crippen LogP contribution in [0.25, 0.3) is 33.4 Å². The summed E-state index contributed by atoms with van der Waals surface area (Å²) in [4.78, 5) is 60.0. The van der Waals surface area contributed by atoms with Crippen LogP contribution in [0.15, 0.2) is 83.3 Å². The Morgan fingerprint density at radius 3 is 2.32 bits per heavy atom. The third-order valence-corrected chi connectivity index (χ3v) is 8.44. The Morgan fingerprint density at radius 1 is 0.920 bits per heavy atom. The van der Waals surface area contributed by atoms with Gasteiger partial charge >= 0.3 is 13.8 Å². The second-order valence-corrected chi connectivity index (χ2v) is 13.1. The van der Waals surface area contributed by atoms with Crippen molar-refractivity contribution in [2.45, 2.75) is 12.8 Å². The number of phosphoric acid groups is 1. The van der Waals surface area contributed by atoms with Crippen LogP contribution in [0, 0.1) is 0 Å². The molecule has 3 aromatic carbocycles. The van der Waals surface area contributed by atoms with Gasteiger partial charge in [0.1, 0.15) is 31.2 Å². The van der Waals surface area contributed by atoms with E-state index in [1.165, 1.54) is 24.3 Å². The molecule has 0 saturated carbocycles. The molecule has 2 aliphatic rings. The minimum absolute atomic E-state index is 0.0231. The summed E-state index contributed by atoms with van der Waals surface area (Å²) >= 11 is 0. The highest BCUT2D eigenvalue weighted by atomic mass is 31.2. The fraction of sp³-hybridized carbons (Fsp3) is 0.222. The quantitative estimate of drug-likeness (QED) is 0.0457. The maximum atomic E-state index is 13.4. The number of fused-ring (bicyclic) bond motifs is 2. The number of benzene rings is 4. The number of hydrogen-bond acceptors (Lipinski definition) is 9. The molecule has 1 heterocycles. The Hall–Kier alpha value is -5.49. The molecule has 4 N–H and O–H groups in total. The third kappa shape index (κ3) is 8.56. The number of carbonyl (C=O) groups excluding carboxylic acids is 2. The van der Waals surface area contributed by atoms with Crippen molar-refractivity contribution in [1.82, 2.24) is 9.89 Å². The minimum Gasteiger partial charge on any atom is -0.746 e. The van der Waals surface area contributed by atoms with Crippen LogP contribution in [0.3, 0.4) is 0 Å². The van der Waals surface area contributed by atoms with Crippen molar-refractivity contribution in [3.05, 3.63) is 95.3 Å². The average molecular weight is 701 g/mol. The van der Waals surface area contributed by atoms with E-state index in [4.69, 9.17) is 9.31 Å². The van der Waals surface area contributed by atoms with Gasteiger partial charge < -0.3 is 39.4 Å². The lowest BCUT2D eigenvalue weighted by atomic mass is 9.88. The first-order valence-corrected chi connectivity index (χ1v) is 17.1. The summed E-state index contributed by atoms with van der Waals surface area (Å²) in [6, 6.07) is 21.7. The predicted molar refractivity (Wildman–Crippen MR) is 189 cm³/mol. The van der Waals surface area contributed by atoms with E-state index >= 15 is 0 Å². The SMILES string of the molecule is CN(C)c1ccc2c(-c3cc(C(=O)CCC(=O)NCCNc4ccc(OP(=O)([O-])O)cc4)ccc3C(=O)O)c3ccc(=[N+](C)C)cc-3oc2c1. The molecule has 260 valence electrons. The highest BCUT2D eigenvalue weighted by Crippen LogP contribution is 2.42. The van der Waals surface area contributed by atoms with Crippen LogP contribution in [0.2, 0.25) is 0 Å². The molecule has 14 heteroatoms. The Balaban J connectivity index is 1.34. The van der Waals surface area contributed by atoms with Gasteiger partial charge in [-0.05, 0) is 60.2 Å². The second kappa shape index (κ2) is 15.0. The van der Waals surface area contributed by atoms with E-state index in [9.17, 15) is 28.9 Å². The summed E-state index contributed by atoms with van der Waals surface area (Å²) in [6.07, 6.45) is -0.168. The zero-order chi connectivity index (χ0) is 36.2. The molecule has 13 nitrogen and oxygen atoms in total. The summed E-state index contributed by atoms with van der Waals surface area (Å²) in [7, 11) is 2.76. The molecule has 1 atom stereocenters. The van der Waals surface area contributed by atoms with Crippen molar-refractivity contribution in [2.75, 3.05) is 51.5 Å². The van der Waals surface area contributed by atoms with Gasteiger partial charge in [-0.3, -0.25) is 14.2 Å². The van der Waals surface area contributed by atoms with Gasteiger partial charge in [0.25, 0.3) is 0 Å². The normalized spacial score (nSPS) is 12.3. The third-order valence-electron chi connectivity index (χ3n) is 7.99. The molecule has 5 rings (SSSR count). The number of Topliss-reactive ketones (excluding diaryl/α,β-unsaturated/α-hetero) is 1. The molecule has 0 spiro atoms. The molecule has 50 heavy (non-hydrogen) atoms. The van der Waals surface area contributed by atoms with Gasteiger partial charge in [0.05, 0.1) is 11.6 Å². The van der Waals surface area contributed by atoms with Crippen molar-refractivity contribution in [1.29, 1.82) is 0 Å². The largest absolute Gasteiger partial charge is 0.746 e. The number of rotatable bonds is 13. The first kappa shape index (κ1) is 35.8. The molecule has 1 aliphatic carbocycles. The Labute approximate surface area is 288 Å². The highest BCUT2D eigenvalue weighted by molar-refractivity contribution is 7.45. The Bertz CT molecular complexity index is 2170. The van der Waals surface area contributed by atoms with Gasteiger partial charge in [-0.25, -0.2) is 9.37 Å². The van der Waals surface area contributed by atoms with Crippen LogP contribution >= 0.6 is 7.82 Å². The topological polar surface area (TPSA) is 184 Å². The smallest absolute Gasteiger partial charge is 0.336 e. The zero-order valence-corrected chi connectivity index (χ0v) is 28.8. The van der Waals surface area contributed by atoms with Crippen molar-refractivity contribution < 1.29 is 42.8 Å². The first-order chi connectivity index (χ1) is 23.7. The van der Waals surface area contributed by atoms with E-state index in [1.54, 1.807) is 18.2 Å². The lowest BCUT2D eigenvalue weighted by molar-refractivity contribution is -0.211. The second-order valence-electron chi connectivity index (χ2n) is 12.0. The number of carbonyl (C=O) groups is 3. The Morgan fingerprint density at radius 2 is 1.66 bits per heavy atom. The van der Waals surface area contributed by atoms with E-state index in [0.717, 1.165) is 11.0 Å². The molecule has 1 unspecified atom stereocenters. The van der Waals surface area contributed by atoms with Crippen LogP contribution in [-0.2, 0) is 9.36 Å². The summed E-state index contributed by atoms with van der Waals surface area (Å²) in [5.41, 5.74) is 4.04. The monoisotopic (exact) mass is 700 g/mol. The summed E-state index contributed by atoms with van der Waals surface area (Å²) in [6.45, 7) is 0.594. The Kier molecular flexibility index (Phi) is 10.7. The van der Waals surface area contributed by atoms with Crippen molar-refractivity contribution in [3.8, 4) is 28.2 Å². The molecule has 3 aromatic rings. The van der Waals surface area contributed by atoms with Crippen molar-refractivity contribution in [3.63, 3.8) is 0 Å². The lowest BCUT2D eigenvalue weighted by Gasteiger charge is -2.19. The average Bonchev–Trinajstić information content (AvgIpc) is 3.07. The molecule has 0 aromatic heterocycles. The van der Waals surface area contributed by atoms with Gasteiger partial charge in [0.15, 0.2) is 5.78 Å². The predicted octanol–water partition coefficient (Wildman–Crippen LogP) is 4.03. The molecular formula is C36H37N4O9P. The number of carboxylic acid groups (broad SMARTS) is 1. The number of nitrogens with zero attached hydrogens (tertiary/aromatic N) is 2. The molecule has 0 saturated heterocycles. The first-order valence-electron chi connectivity index (χ1n) is 15.6. The van der Waals surface area contributed by atoms with E-state index in [0.29, 0.717) is 45.7 Å². The van der Waals surface area contributed by atoms with Crippen molar-refractivity contribution >= 4 is 47.8 Å². The highest BCUT2D eigenvalue weighted by Gasteiger charge is 2.24. The van der Waals surface area contributed by atoms with Crippen LogP contribution < -0.4 is 34.9 Å². The van der Waals surface area contributed by atoms with E-state index in [2.05, 4.69) is 15.2 Å². The minimum atomic E-state index is -4.90. The molecule has 0 radical (unpaired) electrons. The van der Waals surface area contributed by atoms with Gasteiger partial charge in [-0.1, -0.05) is 6.07 Å². The standard InChI is InChI=1S/C36H37N4O9P/c1-39(2)24-8-13-28-32(20-24)48-33-21-25(40(3)4)9-14-29(33)35(28)30-19-22(5-12-27(30)36(43)44)31(41)15-16-34(42)38-18-17-37-23-6-10-26(11-7-23)49-50(45,46)47/h5-14,19-21,37H,15-18H2,1-4H3,(H3-,38,42,43,44,45,46,47). The number of carboxylic acids is 1. The van der Waals surface area contributed by atoms with Crippen LogP contribution in [-0.4, -0.2) is 68.9 Å². The molecule has 0 bridgehead atoms. The lowest BCUT2D eigenvalue weighted by Crippen LogP contribution is -2.29. The fourth-order valence-corrected chi connectivity index (χ4v) is 5.85. The number of ketones is 1. The maximum absolute atomic E-state index is 13.4. The molecule has 1 aliphatic heterocycles. The van der Waals surface area contributed by atoms with Gasteiger partial charge in [0, 0.05) is 85.6 Å². The summed E-state index contributed by atoms with van der Waals surface area (Å²) in [5, 5.41) is 17.6. The van der Waals surface area contributed by atoms with Gasteiger partial charge in [-0.15, -0.1) is 0 Å². The maximum Gasteiger partial charge on any atom is 0.336 e. The van der Waals surface area contributed by atoms with Gasteiger partial charge in [0.2, 0.25) is 11.3 Å². The fourth-order valence-electron chi connectivity index (χ4n) is 5.46. The van der Waals surface area contributed by atoms with Crippen LogP contribution in [0.1, 0.15) is 33.6 Å². The van der Waals surface area contributed by atoms with Crippen molar-refractivity contribution in [2.24, 2.45) is 0 Å².